The largest absolute Gasteiger partial charge is 0.481 e. The van der Waals surface area contributed by atoms with E-state index in [4.69, 9.17) is 15.9 Å². The maximum absolute atomic E-state index is 12.5. The minimum absolute atomic E-state index is 0.135. The number of nitrogens with one attached hydrogen (secondary N) is 3. The molecule has 0 heterocycles. The molecule has 0 spiro atoms. The van der Waals surface area contributed by atoms with E-state index >= 15 is 0 Å². The van der Waals surface area contributed by atoms with Crippen LogP contribution in [0.4, 0.5) is 0 Å². The van der Waals surface area contributed by atoms with Crippen molar-refractivity contribution in [2.75, 3.05) is 24.4 Å². The number of hydrogen-bond donors (Lipinski definition) is 8. The standard InChI is InChI=1S/C16H28N4O8S2/c1-30-5-4-10(16(27)28)19-14(25)9(2-3-12(22)23)18-15(26)11(7-29)20-13(24)8(17)6-21/h8-11,21,29H,2-7,17H2,1H3,(H,18,26)(H,19,25)(H,20,24)(H,22,23)(H,27,28). The molecule has 4 unspecified atom stereocenters. The summed E-state index contributed by atoms with van der Waals surface area (Å²) in [5.74, 6) is -4.72. The summed E-state index contributed by atoms with van der Waals surface area (Å²) in [5, 5.41) is 33.9. The molecule has 4 atom stereocenters. The normalized spacial score (nSPS) is 14.7. The molecule has 0 aliphatic heterocycles. The van der Waals surface area contributed by atoms with E-state index in [1.807, 2.05) is 0 Å². The zero-order valence-corrected chi connectivity index (χ0v) is 18.1. The molecule has 0 aromatic heterocycles. The molecule has 0 radical (unpaired) electrons. The molecule has 0 saturated heterocycles. The van der Waals surface area contributed by atoms with Crippen LogP contribution < -0.4 is 21.7 Å². The third-order valence-electron chi connectivity index (χ3n) is 3.85. The minimum atomic E-state index is -1.35. The van der Waals surface area contributed by atoms with Gasteiger partial charge in [0.05, 0.1) is 6.61 Å². The fourth-order valence-electron chi connectivity index (χ4n) is 2.13. The molecule has 8 N–H and O–H groups in total. The first-order valence-electron chi connectivity index (χ1n) is 8.89. The van der Waals surface area contributed by atoms with Gasteiger partial charge in [-0.05, 0) is 24.9 Å². The highest BCUT2D eigenvalue weighted by Crippen LogP contribution is 2.05. The average Bonchev–Trinajstić information content (AvgIpc) is 2.70. The van der Waals surface area contributed by atoms with Gasteiger partial charge in [-0.15, -0.1) is 0 Å². The maximum Gasteiger partial charge on any atom is 0.326 e. The first kappa shape index (κ1) is 28.0. The van der Waals surface area contributed by atoms with E-state index in [9.17, 15) is 29.1 Å². The Labute approximate surface area is 183 Å². The van der Waals surface area contributed by atoms with Crippen molar-refractivity contribution in [2.24, 2.45) is 5.73 Å². The summed E-state index contributed by atoms with van der Waals surface area (Å²) in [4.78, 5) is 58.9. The highest BCUT2D eigenvalue weighted by molar-refractivity contribution is 7.98. The lowest BCUT2D eigenvalue weighted by molar-refractivity contribution is -0.143. The van der Waals surface area contributed by atoms with E-state index in [-0.39, 0.29) is 18.6 Å². The van der Waals surface area contributed by atoms with Gasteiger partial charge < -0.3 is 37.0 Å². The van der Waals surface area contributed by atoms with Crippen LogP contribution >= 0.6 is 24.4 Å². The lowest BCUT2D eigenvalue weighted by Gasteiger charge is -2.24. The fraction of sp³-hybridized carbons (Fsp3) is 0.688. The van der Waals surface area contributed by atoms with Crippen molar-refractivity contribution in [3.8, 4) is 0 Å². The van der Waals surface area contributed by atoms with Crippen molar-refractivity contribution < 1.29 is 39.3 Å². The van der Waals surface area contributed by atoms with Crippen molar-refractivity contribution in [3.63, 3.8) is 0 Å². The number of aliphatic carboxylic acids is 2. The van der Waals surface area contributed by atoms with Crippen molar-refractivity contribution in [1.29, 1.82) is 0 Å². The number of rotatable bonds is 15. The zero-order valence-electron chi connectivity index (χ0n) is 16.4. The molecule has 0 bridgehead atoms. The smallest absolute Gasteiger partial charge is 0.326 e. The predicted molar refractivity (Wildman–Crippen MR) is 112 cm³/mol. The summed E-state index contributed by atoms with van der Waals surface area (Å²) in [7, 11) is 0. The monoisotopic (exact) mass is 468 g/mol. The molecule has 0 aliphatic carbocycles. The van der Waals surface area contributed by atoms with E-state index in [1.54, 1.807) is 6.26 Å². The maximum atomic E-state index is 12.5. The summed E-state index contributed by atoms with van der Waals surface area (Å²) >= 11 is 5.34. The Hall–Kier alpha value is -2.03. The average molecular weight is 469 g/mol. The SMILES string of the molecule is CSCCC(NC(=O)C(CCC(=O)O)NC(=O)C(CS)NC(=O)C(N)CO)C(=O)O. The summed E-state index contributed by atoms with van der Waals surface area (Å²) in [6, 6.07) is -5.04. The number of hydrogen-bond acceptors (Lipinski definition) is 9. The third kappa shape index (κ3) is 10.7. The second-order valence-electron chi connectivity index (χ2n) is 6.21. The molecular formula is C16H28N4O8S2. The van der Waals surface area contributed by atoms with E-state index in [1.165, 1.54) is 11.8 Å². The first-order chi connectivity index (χ1) is 14.1. The van der Waals surface area contributed by atoms with Crippen molar-refractivity contribution in [2.45, 2.75) is 43.4 Å². The van der Waals surface area contributed by atoms with Crippen LogP contribution in [0.25, 0.3) is 0 Å². The number of aliphatic hydroxyl groups is 1. The van der Waals surface area contributed by atoms with Crippen LogP contribution in [0.3, 0.4) is 0 Å². The molecule has 30 heavy (non-hydrogen) atoms. The second kappa shape index (κ2) is 14.9. The van der Waals surface area contributed by atoms with Crippen molar-refractivity contribution >= 4 is 54.1 Å². The van der Waals surface area contributed by atoms with Gasteiger partial charge in [-0.2, -0.15) is 24.4 Å². The molecule has 0 fully saturated rings. The van der Waals surface area contributed by atoms with Gasteiger partial charge in [-0.3, -0.25) is 19.2 Å². The van der Waals surface area contributed by atoms with Crippen LogP contribution in [0, 0.1) is 0 Å². The fourth-order valence-corrected chi connectivity index (χ4v) is 2.86. The van der Waals surface area contributed by atoms with Crippen LogP contribution in [0.5, 0.6) is 0 Å². The van der Waals surface area contributed by atoms with Gasteiger partial charge in [0.1, 0.15) is 24.2 Å². The lowest BCUT2D eigenvalue weighted by atomic mass is 10.1. The molecule has 0 rings (SSSR count). The highest BCUT2D eigenvalue weighted by atomic mass is 32.2. The molecule has 0 saturated carbocycles. The molecule has 0 aromatic carbocycles. The topological polar surface area (TPSA) is 208 Å². The molecule has 14 heteroatoms. The Bertz CT molecular complexity index is 622. The Morgan fingerprint density at radius 3 is 1.93 bits per heavy atom. The third-order valence-corrected chi connectivity index (χ3v) is 4.86. The second-order valence-corrected chi connectivity index (χ2v) is 7.56. The number of thioether (sulfide) groups is 1. The number of carboxylic acid groups (broad SMARTS) is 2. The molecular weight excluding hydrogens is 440 g/mol. The molecule has 3 amide bonds. The Morgan fingerprint density at radius 2 is 1.47 bits per heavy atom. The van der Waals surface area contributed by atoms with Crippen LogP contribution in [0.15, 0.2) is 0 Å². The number of carboxylic acids is 2. The van der Waals surface area contributed by atoms with E-state index < -0.39 is 66.9 Å². The van der Waals surface area contributed by atoms with Gasteiger partial charge >= 0.3 is 11.9 Å². The molecule has 12 nitrogen and oxygen atoms in total. The molecule has 0 aliphatic rings. The van der Waals surface area contributed by atoms with Gasteiger partial charge in [-0.1, -0.05) is 0 Å². The minimum Gasteiger partial charge on any atom is -0.481 e. The number of carbonyl (C=O) groups is 5. The summed E-state index contributed by atoms with van der Waals surface area (Å²) in [6.45, 7) is -0.650. The van der Waals surface area contributed by atoms with Crippen LogP contribution in [-0.2, 0) is 24.0 Å². The lowest BCUT2D eigenvalue weighted by Crippen LogP contribution is -2.58. The number of aliphatic hydroxyl groups excluding tert-OH is 1. The Kier molecular flexibility index (Phi) is 13.9. The van der Waals surface area contributed by atoms with Crippen molar-refractivity contribution in [3.05, 3.63) is 0 Å². The molecule has 0 aromatic rings. The first-order valence-corrected chi connectivity index (χ1v) is 10.9. The van der Waals surface area contributed by atoms with Crippen LogP contribution in [-0.4, -0.2) is 93.5 Å². The zero-order chi connectivity index (χ0) is 23.3. The molecule has 172 valence electrons. The summed E-state index contributed by atoms with van der Waals surface area (Å²) in [5.41, 5.74) is 5.37. The predicted octanol–water partition coefficient (Wildman–Crippen LogP) is -2.61. The van der Waals surface area contributed by atoms with Crippen molar-refractivity contribution in [1.82, 2.24) is 16.0 Å². The van der Waals surface area contributed by atoms with Crippen LogP contribution in [0.1, 0.15) is 19.3 Å². The van der Waals surface area contributed by atoms with Gasteiger partial charge in [0, 0.05) is 12.2 Å². The van der Waals surface area contributed by atoms with Gasteiger partial charge in [0.15, 0.2) is 0 Å². The van der Waals surface area contributed by atoms with E-state index in [0.29, 0.717) is 5.75 Å². The summed E-state index contributed by atoms with van der Waals surface area (Å²) in [6.07, 6.45) is 1.14. The van der Waals surface area contributed by atoms with E-state index in [0.717, 1.165) is 0 Å². The quantitative estimate of drug-likeness (QED) is 0.117. The Balaban J connectivity index is 5.27. The highest BCUT2D eigenvalue weighted by Gasteiger charge is 2.30. The number of carbonyl (C=O) groups excluding carboxylic acids is 3. The Morgan fingerprint density at radius 1 is 0.933 bits per heavy atom. The number of thiol groups is 1. The number of nitrogens with two attached hydrogens (primary N) is 1. The van der Waals surface area contributed by atoms with E-state index in [2.05, 4.69) is 28.6 Å². The van der Waals surface area contributed by atoms with Gasteiger partial charge in [0.25, 0.3) is 0 Å². The van der Waals surface area contributed by atoms with Crippen LogP contribution in [0.2, 0.25) is 0 Å². The number of amides is 3. The van der Waals surface area contributed by atoms with Gasteiger partial charge in [0.2, 0.25) is 17.7 Å². The van der Waals surface area contributed by atoms with Gasteiger partial charge in [-0.25, -0.2) is 4.79 Å². The summed E-state index contributed by atoms with van der Waals surface area (Å²) < 4.78 is 0.